The number of pyridine rings is 1. The fourth-order valence-electron chi connectivity index (χ4n) is 1.21. The fraction of sp³-hybridized carbons (Fsp3) is 0.182. The predicted molar refractivity (Wildman–Crippen MR) is 56.6 cm³/mol. The SMILES string of the molecule is C1=CCCC(Sc2ccccn2)=C1. The Hall–Kier alpha value is -1.02. The Kier molecular flexibility index (Phi) is 2.82. The molecule has 2 heteroatoms. The van der Waals surface area contributed by atoms with Crippen LogP contribution < -0.4 is 0 Å². The molecule has 2 rings (SSSR count). The quantitative estimate of drug-likeness (QED) is 0.707. The van der Waals surface area contributed by atoms with Crippen LogP contribution in [0.3, 0.4) is 0 Å². The molecule has 0 radical (unpaired) electrons. The van der Waals surface area contributed by atoms with E-state index in [4.69, 9.17) is 0 Å². The molecule has 0 aliphatic heterocycles. The van der Waals surface area contributed by atoms with Gasteiger partial charge in [-0.1, -0.05) is 36.1 Å². The summed E-state index contributed by atoms with van der Waals surface area (Å²) in [5.74, 6) is 0. The second-order valence-electron chi connectivity index (χ2n) is 2.87. The summed E-state index contributed by atoms with van der Waals surface area (Å²) in [5.41, 5.74) is 0. The Morgan fingerprint density at radius 1 is 1.31 bits per heavy atom. The zero-order valence-corrected chi connectivity index (χ0v) is 8.13. The predicted octanol–water partition coefficient (Wildman–Crippen LogP) is 3.41. The van der Waals surface area contributed by atoms with Crippen LogP contribution in [0.4, 0.5) is 0 Å². The number of rotatable bonds is 2. The van der Waals surface area contributed by atoms with Crippen LogP contribution in [0.1, 0.15) is 12.8 Å². The van der Waals surface area contributed by atoms with Gasteiger partial charge in [0, 0.05) is 6.20 Å². The molecule has 0 fully saturated rings. The zero-order valence-electron chi connectivity index (χ0n) is 7.31. The molecule has 0 unspecified atom stereocenters. The van der Waals surface area contributed by atoms with E-state index >= 15 is 0 Å². The number of allylic oxidation sites excluding steroid dienone is 4. The summed E-state index contributed by atoms with van der Waals surface area (Å²) in [6.45, 7) is 0. The number of aromatic nitrogens is 1. The van der Waals surface area contributed by atoms with Gasteiger partial charge in [-0.25, -0.2) is 4.98 Å². The Morgan fingerprint density at radius 3 is 3.00 bits per heavy atom. The average Bonchev–Trinajstić information content (AvgIpc) is 2.21. The van der Waals surface area contributed by atoms with Crippen molar-refractivity contribution >= 4 is 11.8 Å². The fourth-order valence-corrected chi connectivity index (χ4v) is 2.10. The maximum atomic E-state index is 4.27. The number of nitrogens with zero attached hydrogens (tertiary/aromatic N) is 1. The normalized spacial score (nSPS) is 15.5. The third-order valence-electron chi connectivity index (χ3n) is 1.85. The molecule has 1 heterocycles. The number of hydrogen-bond donors (Lipinski definition) is 0. The van der Waals surface area contributed by atoms with Crippen molar-refractivity contribution in [3.05, 3.63) is 47.5 Å². The maximum Gasteiger partial charge on any atom is 0.100 e. The van der Waals surface area contributed by atoms with Gasteiger partial charge in [0.15, 0.2) is 0 Å². The molecule has 0 amide bonds. The monoisotopic (exact) mass is 189 g/mol. The summed E-state index contributed by atoms with van der Waals surface area (Å²) in [7, 11) is 0. The van der Waals surface area contributed by atoms with Crippen LogP contribution in [-0.2, 0) is 0 Å². The highest BCUT2D eigenvalue weighted by molar-refractivity contribution is 8.03. The third-order valence-corrected chi connectivity index (χ3v) is 2.90. The lowest BCUT2D eigenvalue weighted by atomic mass is 10.2. The topological polar surface area (TPSA) is 12.9 Å². The Morgan fingerprint density at radius 2 is 2.31 bits per heavy atom. The summed E-state index contributed by atoms with van der Waals surface area (Å²) in [4.78, 5) is 5.67. The Bertz CT molecular complexity index is 327. The molecule has 1 aliphatic carbocycles. The summed E-state index contributed by atoms with van der Waals surface area (Å²) in [5, 5.41) is 1.09. The smallest absolute Gasteiger partial charge is 0.100 e. The summed E-state index contributed by atoms with van der Waals surface area (Å²) in [6, 6.07) is 6.01. The molecular weight excluding hydrogens is 178 g/mol. The first-order chi connectivity index (χ1) is 6.45. The summed E-state index contributed by atoms with van der Waals surface area (Å²) >= 11 is 1.76. The molecule has 0 saturated carbocycles. The van der Waals surface area contributed by atoms with Gasteiger partial charge in [-0.15, -0.1) is 0 Å². The van der Waals surface area contributed by atoms with E-state index in [1.165, 1.54) is 4.91 Å². The molecule has 0 atom stereocenters. The van der Waals surface area contributed by atoms with E-state index in [9.17, 15) is 0 Å². The molecule has 0 saturated heterocycles. The van der Waals surface area contributed by atoms with Crippen LogP contribution in [0, 0.1) is 0 Å². The first-order valence-electron chi connectivity index (χ1n) is 4.40. The highest BCUT2D eigenvalue weighted by atomic mass is 32.2. The van der Waals surface area contributed by atoms with E-state index in [-0.39, 0.29) is 0 Å². The van der Waals surface area contributed by atoms with Gasteiger partial charge in [0.2, 0.25) is 0 Å². The van der Waals surface area contributed by atoms with Gasteiger partial charge in [-0.3, -0.25) is 0 Å². The van der Waals surface area contributed by atoms with Crippen molar-refractivity contribution in [2.24, 2.45) is 0 Å². The van der Waals surface area contributed by atoms with Crippen molar-refractivity contribution in [2.45, 2.75) is 17.9 Å². The van der Waals surface area contributed by atoms with Crippen LogP contribution in [-0.4, -0.2) is 4.98 Å². The minimum Gasteiger partial charge on any atom is -0.250 e. The van der Waals surface area contributed by atoms with E-state index in [0.29, 0.717) is 0 Å². The molecule has 1 aromatic heterocycles. The highest BCUT2D eigenvalue weighted by Crippen LogP contribution is 2.29. The molecule has 1 nitrogen and oxygen atoms in total. The van der Waals surface area contributed by atoms with Crippen LogP contribution in [0.25, 0.3) is 0 Å². The van der Waals surface area contributed by atoms with Crippen LogP contribution in [0.15, 0.2) is 52.6 Å². The zero-order chi connectivity index (χ0) is 8.93. The standard InChI is InChI=1S/C11H11NS/c1-2-6-10(7-3-1)13-11-8-4-5-9-12-11/h1-2,4-6,8-9H,3,7H2. The first-order valence-corrected chi connectivity index (χ1v) is 5.21. The lowest BCUT2D eigenvalue weighted by Crippen LogP contribution is -1.84. The molecule has 0 spiro atoms. The van der Waals surface area contributed by atoms with Crippen molar-refractivity contribution < 1.29 is 0 Å². The maximum absolute atomic E-state index is 4.27. The van der Waals surface area contributed by atoms with Crippen LogP contribution >= 0.6 is 11.8 Å². The molecular formula is C11H11NS. The molecule has 1 aromatic rings. The van der Waals surface area contributed by atoms with Crippen molar-refractivity contribution in [3.8, 4) is 0 Å². The number of thioether (sulfide) groups is 1. The average molecular weight is 189 g/mol. The van der Waals surface area contributed by atoms with Crippen molar-refractivity contribution in [3.63, 3.8) is 0 Å². The van der Waals surface area contributed by atoms with Gasteiger partial charge in [0.1, 0.15) is 5.03 Å². The lowest BCUT2D eigenvalue weighted by molar-refractivity contribution is 1.02. The molecule has 0 N–H and O–H groups in total. The molecule has 0 bridgehead atoms. The summed E-state index contributed by atoms with van der Waals surface area (Å²) < 4.78 is 0. The van der Waals surface area contributed by atoms with Gasteiger partial charge in [-0.05, 0) is 29.9 Å². The first kappa shape index (κ1) is 8.57. The van der Waals surface area contributed by atoms with Gasteiger partial charge >= 0.3 is 0 Å². The van der Waals surface area contributed by atoms with Crippen molar-refractivity contribution in [1.29, 1.82) is 0 Å². The second kappa shape index (κ2) is 4.28. The van der Waals surface area contributed by atoms with Gasteiger partial charge in [-0.2, -0.15) is 0 Å². The second-order valence-corrected chi connectivity index (χ2v) is 4.02. The third kappa shape index (κ3) is 2.46. The molecule has 66 valence electrons. The van der Waals surface area contributed by atoms with E-state index in [1.807, 2.05) is 24.4 Å². The van der Waals surface area contributed by atoms with Crippen molar-refractivity contribution in [1.82, 2.24) is 4.98 Å². The van der Waals surface area contributed by atoms with Crippen molar-refractivity contribution in [2.75, 3.05) is 0 Å². The highest BCUT2D eigenvalue weighted by Gasteiger charge is 2.02. The minimum atomic E-state index is 1.09. The van der Waals surface area contributed by atoms with E-state index in [1.54, 1.807) is 11.8 Å². The van der Waals surface area contributed by atoms with E-state index < -0.39 is 0 Å². The van der Waals surface area contributed by atoms with Gasteiger partial charge < -0.3 is 0 Å². The van der Waals surface area contributed by atoms with E-state index in [0.717, 1.165) is 17.9 Å². The summed E-state index contributed by atoms with van der Waals surface area (Å²) in [6.07, 6.45) is 10.6. The van der Waals surface area contributed by atoms with Gasteiger partial charge in [0.25, 0.3) is 0 Å². The minimum absolute atomic E-state index is 1.09. The molecule has 1 aliphatic rings. The Labute approximate surface area is 82.6 Å². The van der Waals surface area contributed by atoms with Crippen LogP contribution in [0.2, 0.25) is 0 Å². The van der Waals surface area contributed by atoms with E-state index in [2.05, 4.69) is 23.2 Å². The van der Waals surface area contributed by atoms with Gasteiger partial charge in [0.05, 0.1) is 0 Å². The van der Waals surface area contributed by atoms with Crippen LogP contribution in [0.5, 0.6) is 0 Å². The molecule has 13 heavy (non-hydrogen) atoms. The lowest BCUT2D eigenvalue weighted by Gasteiger charge is -2.06. The largest absolute Gasteiger partial charge is 0.250 e. The molecule has 0 aromatic carbocycles. The number of hydrogen-bond acceptors (Lipinski definition) is 2. The Balaban J connectivity index is 2.06.